The number of nitrogens with zero attached hydrogens (tertiary/aromatic N) is 2. The third-order valence-corrected chi connectivity index (χ3v) is 2.79. The first-order valence-electron chi connectivity index (χ1n) is 6.32. The van der Waals surface area contributed by atoms with E-state index in [1.165, 1.54) is 11.1 Å². The molecule has 0 aliphatic rings. The second kappa shape index (κ2) is 6.04. The number of anilines is 2. The minimum Gasteiger partial charge on any atom is -0.397 e. The largest absolute Gasteiger partial charge is 0.397 e. The van der Waals surface area contributed by atoms with E-state index in [1.54, 1.807) is 50.5 Å². The van der Waals surface area contributed by atoms with Crippen molar-refractivity contribution in [3.63, 3.8) is 0 Å². The first-order valence-corrected chi connectivity index (χ1v) is 6.32. The van der Waals surface area contributed by atoms with E-state index in [4.69, 9.17) is 5.73 Å². The minimum absolute atomic E-state index is 0.128. The number of hydrogen-bond donors (Lipinski definition) is 2. The molecule has 2 aromatic rings. The maximum atomic E-state index is 12.0. The SMILES string of the molecule is CN(C)C(=O)c1cccc(NC(=O)c2ccc(N)cn2)c1. The summed E-state index contributed by atoms with van der Waals surface area (Å²) in [6.45, 7) is 0. The first-order chi connectivity index (χ1) is 9.97. The van der Waals surface area contributed by atoms with Gasteiger partial charge in [0, 0.05) is 25.3 Å². The van der Waals surface area contributed by atoms with Crippen molar-refractivity contribution >= 4 is 23.2 Å². The number of carbonyl (C=O) groups excluding carboxylic acids is 2. The molecule has 0 fully saturated rings. The molecule has 1 aromatic heterocycles. The summed E-state index contributed by atoms with van der Waals surface area (Å²) < 4.78 is 0. The smallest absolute Gasteiger partial charge is 0.274 e. The van der Waals surface area contributed by atoms with Crippen LogP contribution in [0, 0.1) is 0 Å². The van der Waals surface area contributed by atoms with Crippen molar-refractivity contribution in [2.45, 2.75) is 0 Å². The lowest BCUT2D eigenvalue weighted by atomic mass is 10.1. The van der Waals surface area contributed by atoms with Crippen LogP contribution in [0.25, 0.3) is 0 Å². The number of nitrogens with one attached hydrogen (secondary N) is 1. The number of benzene rings is 1. The summed E-state index contributed by atoms with van der Waals surface area (Å²) in [4.78, 5) is 29.3. The van der Waals surface area contributed by atoms with Gasteiger partial charge < -0.3 is 16.0 Å². The average molecular weight is 284 g/mol. The monoisotopic (exact) mass is 284 g/mol. The van der Waals surface area contributed by atoms with Gasteiger partial charge in [0.2, 0.25) is 0 Å². The Hall–Kier alpha value is -2.89. The Labute approximate surface area is 122 Å². The molecule has 1 heterocycles. The summed E-state index contributed by atoms with van der Waals surface area (Å²) >= 11 is 0. The number of nitrogens with two attached hydrogens (primary N) is 1. The van der Waals surface area contributed by atoms with E-state index in [1.807, 2.05) is 0 Å². The van der Waals surface area contributed by atoms with Gasteiger partial charge >= 0.3 is 0 Å². The topological polar surface area (TPSA) is 88.3 Å². The van der Waals surface area contributed by atoms with Crippen LogP contribution in [0.2, 0.25) is 0 Å². The van der Waals surface area contributed by atoms with Crippen molar-refractivity contribution in [1.82, 2.24) is 9.88 Å². The van der Waals surface area contributed by atoms with Gasteiger partial charge in [-0.3, -0.25) is 9.59 Å². The Morgan fingerprint density at radius 2 is 1.95 bits per heavy atom. The normalized spacial score (nSPS) is 10.0. The fraction of sp³-hybridized carbons (Fsp3) is 0.133. The Morgan fingerprint density at radius 3 is 2.57 bits per heavy atom. The van der Waals surface area contributed by atoms with Gasteiger partial charge in [-0.1, -0.05) is 6.07 Å². The fourth-order valence-corrected chi connectivity index (χ4v) is 1.72. The molecule has 6 nitrogen and oxygen atoms in total. The van der Waals surface area contributed by atoms with E-state index in [9.17, 15) is 9.59 Å². The van der Waals surface area contributed by atoms with Crippen molar-refractivity contribution < 1.29 is 9.59 Å². The number of rotatable bonds is 3. The van der Waals surface area contributed by atoms with Crippen LogP contribution in [0.1, 0.15) is 20.8 Å². The standard InChI is InChI=1S/C15H16N4O2/c1-19(2)15(21)10-4-3-5-12(8-10)18-14(20)13-7-6-11(16)9-17-13/h3-9H,16H2,1-2H3,(H,18,20). The van der Waals surface area contributed by atoms with Gasteiger partial charge in [0.15, 0.2) is 0 Å². The zero-order chi connectivity index (χ0) is 15.4. The highest BCUT2D eigenvalue weighted by Gasteiger charge is 2.11. The second-order valence-corrected chi connectivity index (χ2v) is 4.71. The number of amides is 2. The zero-order valence-corrected chi connectivity index (χ0v) is 11.8. The highest BCUT2D eigenvalue weighted by molar-refractivity contribution is 6.04. The lowest BCUT2D eigenvalue weighted by molar-refractivity contribution is 0.0827. The van der Waals surface area contributed by atoms with Crippen LogP contribution in [-0.4, -0.2) is 35.8 Å². The third kappa shape index (κ3) is 3.56. The minimum atomic E-state index is -0.357. The summed E-state index contributed by atoms with van der Waals surface area (Å²) in [5.74, 6) is -0.485. The molecule has 3 N–H and O–H groups in total. The van der Waals surface area contributed by atoms with Crippen molar-refractivity contribution in [3.05, 3.63) is 53.9 Å². The molecule has 0 aliphatic carbocycles. The molecule has 21 heavy (non-hydrogen) atoms. The zero-order valence-electron chi connectivity index (χ0n) is 11.8. The van der Waals surface area contributed by atoms with Crippen molar-refractivity contribution in [2.75, 3.05) is 25.1 Å². The lowest BCUT2D eigenvalue weighted by Crippen LogP contribution is -2.22. The molecule has 0 atom stereocenters. The Morgan fingerprint density at radius 1 is 1.19 bits per heavy atom. The molecule has 0 radical (unpaired) electrons. The molecule has 0 bridgehead atoms. The molecule has 0 unspecified atom stereocenters. The highest BCUT2D eigenvalue weighted by Crippen LogP contribution is 2.13. The molecule has 0 saturated carbocycles. The van der Waals surface area contributed by atoms with Crippen LogP contribution in [0.4, 0.5) is 11.4 Å². The van der Waals surface area contributed by atoms with E-state index in [2.05, 4.69) is 10.3 Å². The third-order valence-electron chi connectivity index (χ3n) is 2.79. The number of hydrogen-bond acceptors (Lipinski definition) is 4. The summed E-state index contributed by atoms with van der Waals surface area (Å²) in [6, 6.07) is 9.88. The average Bonchev–Trinajstić information content (AvgIpc) is 2.47. The van der Waals surface area contributed by atoms with Crippen LogP contribution < -0.4 is 11.1 Å². The van der Waals surface area contributed by atoms with Crippen LogP contribution in [-0.2, 0) is 0 Å². The van der Waals surface area contributed by atoms with Crippen molar-refractivity contribution in [2.24, 2.45) is 0 Å². The maximum Gasteiger partial charge on any atom is 0.274 e. The Bertz CT molecular complexity index is 666. The molecular formula is C15H16N4O2. The molecule has 0 aliphatic heterocycles. The predicted molar refractivity (Wildman–Crippen MR) is 81.1 cm³/mol. The summed E-state index contributed by atoms with van der Waals surface area (Å²) in [5, 5.41) is 2.70. The summed E-state index contributed by atoms with van der Waals surface area (Å²) in [5.41, 5.74) is 7.31. The van der Waals surface area contributed by atoms with Crippen LogP contribution in [0.5, 0.6) is 0 Å². The lowest BCUT2D eigenvalue weighted by Gasteiger charge is -2.11. The van der Waals surface area contributed by atoms with Crippen LogP contribution in [0.15, 0.2) is 42.6 Å². The highest BCUT2D eigenvalue weighted by atomic mass is 16.2. The van der Waals surface area contributed by atoms with Crippen molar-refractivity contribution in [3.8, 4) is 0 Å². The predicted octanol–water partition coefficient (Wildman–Crippen LogP) is 1.62. The van der Waals surface area contributed by atoms with E-state index >= 15 is 0 Å². The Kier molecular flexibility index (Phi) is 4.18. The number of pyridine rings is 1. The van der Waals surface area contributed by atoms with Gasteiger partial charge in [-0.2, -0.15) is 0 Å². The van der Waals surface area contributed by atoms with E-state index in [-0.39, 0.29) is 17.5 Å². The van der Waals surface area contributed by atoms with Crippen LogP contribution in [0.3, 0.4) is 0 Å². The van der Waals surface area contributed by atoms with Gasteiger partial charge in [-0.05, 0) is 30.3 Å². The molecule has 0 spiro atoms. The van der Waals surface area contributed by atoms with Gasteiger partial charge in [0.05, 0.1) is 11.9 Å². The quantitative estimate of drug-likeness (QED) is 0.896. The van der Waals surface area contributed by atoms with E-state index in [0.29, 0.717) is 16.9 Å². The van der Waals surface area contributed by atoms with Gasteiger partial charge in [-0.15, -0.1) is 0 Å². The number of aromatic nitrogens is 1. The summed E-state index contributed by atoms with van der Waals surface area (Å²) in [6.07, 6.45) is 1.42. The second-order valence-electron chi connectivity index (χ2n) is 4.71. The maximum absolute atomic E-state index is 12.0. The van der Waals surface area contributed by atoms with Gasteiger partial charge in [0.1, 0.15) is 5.69 Å². The molecular weight excluding hydrogens is 268 g/mol. The van der Waals surface area contributed by atoms with E-state index in [0.717, 1.165) is 0 Å². The van der Waals surface area contributed by atoms with Crippen LogP contribution >= 0.6 is 0 Å². The molecule has 1 aromatic carbocycles. The Balaban J connectivity index is 2.16. The molecule has 6 heteroatoms. The molecule has 108 valence electrons. The van der Waals surface area contributed by atoms with Gasteiger partial charge in [-0.25, -0.2) is 4.98 Å². The fourth-order valence-electron chi connectivity index (χ4n) is 1.72. The number of carbonyl (C=O) groups is 2. The molecule has 2 rings (SSSR count). The first kappa shape index (κ1) is 14.5. The molecule has 2 amide bonds. The number of nitrogen functional groups attached to an aromatic ring is 1. The van der Waals surface area contributed by atoms with E-state index < -0.39 is 0 Å². The van der Waals surface area contributed by atoms with Crippen molar-refractivity contribution in [1.29, 1.82) is 0 Å². The molecule has 0 saturated heterocycles. The summed E-state index contributed by atoms with van der Waals surface area (Å²) in [7, 11) is 3.35. The van der Waals surface area contributed by atoms with Gasteiger partial charge in [0.25, 0.3) is 11.8 Å².